The molecular weight excluding hydrogens is 260 g/mol. The van der Waals surface area contributed by atoms with Crippen LogP contribution in [0.15, 0.2) is 30.3 Å². The quantitative estimate of drug-likeness (QED) is 0.849. The van der Waals surface area contributed by atoms with E-state index in [1.54, 1.807) is 0 Å². The van der Waals surface area contributed by atoms with Crippen LogP contribution in [0.5, 0.6) is 0 Å². The van der Waals surface area contributed by atoms with E-state index in [1.807, 2.05) is 20.0 Å². The number of anilines is 2. The van der Waals surface area contributed by atoms with Crippen LogP contribution >= 0.6 is 0 Å². The number of benzene rings is 1. The molecule has 1 aromatic heterocycles. The van der Waals surface area contributed by atoms with Crippen LogP contribution in [0.1, 0.15) is 29.8 Å². The minimum atomic E-state index is 0.438. The zero-order valence-electron chi connectivity index (χ0n) is 12.7. The molecule has 0 spiro atoms. The third-order valence-corrected chi connectivity index (χ3v) is 4.03. The van der Waals surface area contributed by atoms with Crippen molar-refractivity contribution in [3.63, 3.8) is 0 Å². The van der Waals surface area contributed by atoms with E-state index in [0.717, 1.165) is 23.9 Å². The number of rotatable bonds is 3. The number of aryl methyl sites for hydroxylation is 2. The van der Waals surface area contributed by atoms with Crippen LogP contribution in [-0.4, -0.2) is 23.1 Å². The zero-order chi connectivity index (χ0) is 14.7. The molecule has 21 heavy (non-hydrogen) atoms. The predicted octanol–water partition coefficient (Wildman–Crippen LogP) is 3.19. The molecule has 1 aromatic carbocycles. The second-order valence-electron chi connectivity index (χ2n) is 5.64. The first-order chi connectivity index (χ1) is 10.2. The molecule has 0 amide bonds. The van der Waals surface area contributed by atoms with Gasteiger partial charge in [0.1, 0.15) is 17.5 Å². The van der Waals surface area contributed by atoms with Gasteiger partial charge in [-0.15, -0.1) is 0 Å². The molecule has 4 heteroatoms. The van der Waals surface area contributed by atoms with Crippen LogP contribution < -0.4 is 10.6 Å². The molecule has 0 fully saturated rings. The summed E-state index contributed by atoms with van der Waals surface area (Å²) in [6, 6.07) is 11.2. The SMILES string of the molecule is CNc1cc(NC2CCCc3ccccc3C2)nc(C)n1. The minimum absolute atomic E-state index is 0.438. The number of hydrogen-bond donors (Lipinski definition) is 2. The Morgan fingerprint density at radius 2 is 1.86 bits per heavy atom. The van der Waals surface area contributed by atoms with Crippen LogP contribution in [0.4, 0.5) is 11.6 Å². The number of hydrogen-bond acceptors (Lipinski definition) is 4. The van der Waals surface area contributed by atoms with E-state index in [-0.39, 0.29) is 0 Å². The Kier molecular flexibility index (Phi) is 4.04. The van der Waals surface area contributed by atoms with Gasteiger partial charge in [0, 0.05) is 19.2 Å². The summed E-state index contributed by atoms with van der Waals surface area (Å²) in [4.78, 5) is 8.84. The number of aromatic nitrogens is 2. The van der Waals surface area contributed by atoms with E-state index in [4.69, 9.17) is 0 Å². The largest absolute Gasteiger partial charge is 0.373 e. The van der Waals surface area contributed by atoms with Crippen molar-refractivity contribution in [2.75, 3.05) is 17.7 Å². The minimum Gasteiger partial charge on any atom is -0.373 e. The lowest BCUT2D eigenvalue weighted by molar-refractivity contribution is 0.635. The summed E-state index contributed by atoms with van der Waals surface area (Å²) in [5.41, 5.74) is 2.96. The van der Waals surface area contributed by atoms with Gasteiger partial charge in [0.25, 0.3) is 0 Å². The first-order valence-electron chi connectivity index (χ1n) is 7.61. The average molecular weight is 282 g/mol. The molecule has 1 unspecified atom stereocenters. The molecule has 0 bridgehead atoms. The standard InChI is InChI=1S/C17H22N4/c1-12-19-16(18-2)11-17(20-12)21-15-9-5-8-13-6-3-4-7-14(13)10-15/h3-4,6-7,11,15H,5,8-10H2,1-2H3,(H2,18,19,20,21). The van der Waals surface area contributed by atoms with Crippen molar-refractivity contribution in [1.82, 2.24) is 9.97 Å². The van der Waals surface area contributed by atoms with Gasteiger partial charge in [-0.3, -0.25) is 0 Å². The van der Waals surface area contributed by atoms with Gasteiger partial charge in [0.05, 0.1) is 0 Å². The number of fused-ring (bicyclic) bond motifs is 1. The van der Waals surface area contributed by atoms with E-state index in [0.29, 0.717) is 6.04 Å². The fraction of sp³-hybridized carbons (Fsp3) is 0.412. The summed E-state index contributed by atoms with van der Waals surface area (Å²) in [5.74, 6) is 2.56. The highest BCUT2D eigenvalue weighted by Gasteiger charge is 2.17. The Morgan fingerprint density at radius 1 is 1.10 bits per heavy atom. The van der Waals surface area contributed by atoms with E-state index in [1.165, 1.54) is 30.4 Å². The molecule has 2 aromatic rings. The van der Waals surface area contributed by atoms with Gasteiger partial charge in [0.15, 0.2) is 0 Å². The molecule has 1 aliphatic carbocycles. The zero-order valence-corrected chi connectivity index (χ0v) is 12.7. The van der Waals surface area contributed by atoms with Gasteiger partial charge in [0.2, 0.25) is 0 Å². The summed E-state index contributed by atoms with van der Waals surface area (Å²) >= 11 is 0. The summed E-state index contributed by atoms with van der Waals surface area (Å²) in [7, 11) is 1.88. The van der Waals surface area contributed by atoms with Crippen molar-refractivity contribution in [3.8, 4) is 0 Å². The number of nitrogens with zero attached hydrogens (tertiary/aromatic N) is 2. The Balaban J connectivity index is 1.78. The van der Waals surface area contributed by atoms with Crippen molar-refractivity contribution < 1.29 is 0 Å². The fourth-order valence-electron chi connectivity index (χ4n) is 3.01. The van der Waals surface area contributed by atoms with Crippen LogP contribution in [0, 0.1) is 6.92 Å². The molecule has 1 heterocycles. The highest BCUT2D eigenvalue weighted by atomic mass is 15.1. The normalized spacial score (nSPS) is 17.7. The van der Waals surface area contributed by atoms with Gasteiger partial charge in [-0.1, -0.05) is 24.3 Å². The topological polar surface area (TPSA) is 49.8 Å². The van der Waals surface area contributed by atoms with Gasteiger partial charge in [-0.05, 0) is 43.7 Å². The molecule has 0 radical (unpaired) electrons. The Morgan fingerprint density at radius 3 is 2.67 bits per heavy atom. The first kappa shape index (κ1) is 13.9. The van der Waals surface area contributed by atoms with Crippen molar-refractivity contribution in [2.45, 2.75) is 38.6 Å². The van der Waals surface area contributed by atoms with E-state index >= 15 is 0 Å². The third kappa shape index (κ3) is 3.32. The molecule has 3 rings (SSSR count). The second kappa shape index (κ2) is 6.12. The van der Waals surface area contributed by atoms with Gasteiger partial charge in [-0.25, -0.2) is 9.97 Å². The molecule has 0 aliphatic heterocycles. The maximum absolute atomic E-state index is 4.50. The molecule has 0 saturated carbocycles. The lowest BCUT2D eigenvalue weighted by Crippen LogP contribution is -2.22. The molecule has 110 valence electrons. The molecule has 4 nitrogen and oxygen atoms in total. The summed E-state index contributed by atoms with van der Waals surface area (Å²) in [6.07, 6.45) is 4.64. The van der Waals surface area contributed by atoms with Crippen LogP contribution in [0.3, 0.4) is 0 Å². The van der Waals surface area contributed by atoms with Gasteiger partial charge < -0.3 is 10.6 Å². The Labute approximate surface area is 126 Å². The second-order valence-corrected chi connectivity index (χ2v) is 5.64. The van der Waals surface area contributed by atoms with Crippen molar-refractivity contribution >= 4 is 11.6 Å². The van der Waals surface area contributed by atoms with E-state index < -0.39 is 0 Å². The van der Waals surface area contributed by atoms with Gasteiger partial charge >= 0.3 is 0 Å². The van der Waals surface area contributed by atoms with Gasteiger partial charge in [-0.2, -0.15) is 0 Å². The smallest absolute Gasteiger partial charge is 0.132 e. The first-order valence-corrected chi connectivity index (χ1v) is 7.61. The maximum atomic E-state index is 4.50. The van der Waals surface area contributed by atoms with Crippen LogP contribution in [-0.2, 0) is 12.8 Å². The highest BCUT2D eigenvalue weighted by Crippen LogP contribution is 2.23. The molecule has 1 aliphatic rings. The van der Waals surface area contributed by atoms with E-state index in [2.05, 4.69) is 44.9 Å². The maximum Gasteiger partial charge on any atom is 0.132 e. The fourth-order valence-corrected chi connectivity index (χ4v) is 3.01. The Bertz CT molecular complexity index is 624. The predicted molar refractivity (Wildman–Crippen MR) is 86.8 cm³/mol. The molecule has 1 atom stereocenters. The average Bonchev–Trinajstić information content (AvgIpc) is 2.68. The monoisotopic (exact) mass is 282 g/mol. The molecule has 0 saturated heterocycles. The van der Waals surface area contributed by atoms with Crippen molar-refractivity contribution in [1.29, 1.82) is 0 Å². The number of nitrogens with one attached hydrogen (secondary N) is 2. The highest BCUT2D eigenvalue weighted by molar-refractivity contribution is 5.48. The Hall–Kier alpha value is -2.10. The van der Waals surface area contributed by atoms with Crippen molar-refractivity contribution in [2.24, 2.45) is 0 Å². The van der Waals surface area contributed by atoms with E-state index in [9.17, 15) is 0 Å². The lowest BCUT2D eigenvalue weighted by Gasteiger charge is -2.18. The molecular formula is C17H22N4. The summed E-state index contributed by atoms with van der Waals surface area (Å²) < 4.78 is 0. The molecule has 2 N–H and O–H groups in total. The van der Waals surface area contributed by atoms with Crippen LogP contribution in [0.2, 0.25) is 0 Å². The third-order valence-electron chi connectivity index (χ3n) is 4.03. The summed E-state index contributed by atoms with van der Waals surface area (Å²) in [6.45, 7) is 1.93. The van der Waals surface area contributed by atoms with Crippen LogP contribution in [0.25, 0.3) is 0 Å². The van der Waals surface area contributed by atoms with Crippen molar-refractivity contribution in [3.05, 3.63) is 47.3 Å². The lowest BCUT2D eigenvalue weighted by atomic mass is 10.0. The summed E-state index contributed by atoms with van der Waals surface area (Å²) in [5, 5.41) is 6.67.